The second-order valence-corrected chi connectivity index (χ2v) is 3.23. The summed E-state index contributed by atoms with van der Waals surface area (Å²) < 4.78 is 1.92. The molecule has 0 bridgehead atoms. The molecule has 1 N–H and O–H groups in total. The molecule has 1 aliphatic rings. The first-order chi connectivity index (χ1) is 6.95. The number of hydrogen-bond donors (Lipinski definition) is 1. The third kappa shape index (κ3) is 2.42. The maximum atomic E-state index is 4.31. The van der Waals surface area contributed by atoms with E-state index in [-0.39, 0.29) is 0 Å². The van der Waals surface area contributed by atoms with Crippen LogP contribution in [0.4, 0.5) is 0 Å². The zero-order valence-electron chi connectivity index (χ0n) is 8.06. The Morgan fingerprint density at radius 2 is 2.21 bits per heavy atom. The van der Waals surface area contributed by atoms with Crippen molar-refractivity contribution in [2.24, 2.45) is 5.10 Å². The van der Waals surface area contributed by atoms with E-state index in [0.717, 1.165) is 19.5 Å². The molecule has 3 nitrogen and oxygen atoms in total. The van der Waals surface area contributed by atoms with E-state index in [1.165, 1.54) is 5.56 Å². The van der Waals surface area contributed by atoms with Crippen LogP contribution in [0.3, 0.4) is 0 Å². The van der Waals surface area contributed by atoms with Gasteiger partial charge in [-0.2, -0.15) is 0 Å². The van der Waals surface area contributed by atoms with E-state index in [4.69, 9.17) is 0 Å². The van der Waals surface area contributed by atoms with Gasteiger partial charge >= 0.3 is 0 Å². The van der Waals surface area contributed by atoms with Gasteiger partial charge in [0.25, 0.3) is 6.34 Å². The first-order valence-corrected chi connectivity index (χ1v) is 4.85. The third-order valence-corrected chi connectivity index (χ3v) is 2.13. The van der Waals surface area contributed by atoms with Crippen molar-refractivity contribution in [2.45, 2.75) is 6.42 Å². The van der Waals surface area contributed by atoms with E-state index < -0.39 is 0 Å². The number of nitrogens with zero attached hydrogens (tertiary/aromatic N) is 2. The van der Waals surface area contributed by atoms with Crippen molar-refractivity contribution in [3.05, 3.63) is 35.9 Å². The van der Waals surface area contributed by atoms with E-state index in [9.17, 15) is 0 Å². The first-order valence-electron chi connectivity index (χ1n) is 4.85. The van der Waals surface area contributed by atoms with E-state index in [1.807, 2.05) is 35.4 Å². The molecule has 3 heteroatoms. The third-order valence-electron chi connectivity index (χ3n) is 2.13. The maximum Gasteiger partial charge on any atom is 0.257 e. The fourth-order valence-corrected chi connectivity index (χ4v) is 1.37. The zero-order valence-corrected chi connectivity index (χ0v) is 8.06. The van der Waals surface area contributed by atoms with E-state index >= 15 is 0 Å². The van der Waals surface area contributed by atoms with E-state index in [1.54, 1.807) is 0 Å². The number of benzene rings is 1. The minimum atomic E-state index is 0.894. The quantitative estimate of drug-likeness (QED) is 0.553. The first kappa shape index (κ1) is 8.94. The van der Waals surface area contributed by atoms with Gasteiger partial charge in [-0.25, -0.2) is 0 Å². The smallest absolute Gasteiger partial charge is 0.257 e. The van der Waals surface area contributed by atoms with Crippen molar-refractivity contribution < 1.29 is 4.68 Å². The summed E-state index contributed by atoms with van der Waals surface area (Å²) in [6.45, 7) is 1.95. The molecule has 1 aromatic rings. The molecular weight excluding hydrogens is 174 g/mol. The molecule has 0 amide bonds. The number of nitrogens with one attached hydrogen (secondary N) is 1. The van der Waals surface area contributed by atoms with Crippen LogP contribution >= 0.6 is 0 Å². The van der Waals surface area contributed by atoms with Crippen LogP contribution in [0.25, 0.3) is 0 Å². The molecule has 0 saturated carbocycles. The Bertz CT molecular complexity index is 341. The highest BCUT2D eigenvalue weighted by molar-refractivity contribution is 5.61. The molecule has 14 heavy (non-hydrogen) atoms. The predicted octanol–water partition coefficient (Wildman–Crippen LogP) is 0.859. The standard InChI is InChI=1S/C11H13N3/c1-2-4-11(5-3-1)6-7-13-14-9-8-12-10-14/h1-5,7,10H,6,8-9H2/p+1. The van der Waals surface area contributed by atoms with Crippen LogP contribution in [-0.2, 0) is 6.42 Å². The summed E-state index contributed by atoms with van der Waals surface area (Å²) in [5.41, 5.74) is 1.29. The predicted molar refractivity (Wildman–Crippen MR) is 57.8 cm³/mol. The van der Waals surface area contributed by atoms with E-state index in [2.05, 4.69) is 22.6 Å². The van der Waals surface area contributed by atoms with Crippen molar-refractivity contribution >= 4 is 12.6 Å². The van der Waals surface area contributed by atoms with Gasteiger partial charge in [-0.3, -0.25) is 5.32 Å². The second kappa shape index (κ2) is 4.56. The van der Waals surface area contributed by atoms with Crippen LogP contribution in [0, 0.1) is 0 Å². The summed E-state index contributed by atoms with van der Waals surface area (Å²) in [5.74, 6) is 0. The summed E-state index contributed by atoms with van der Waals surface area (Å²) in [5, 5.41) is 7.42. The van der Waals surface area contributed by atoms with Gasteiger partial charge in [0.1, 0.15) is 13.1 Å². The fourth-order valence-electron chi connectivity index (χ4n) is 1.37. The second-order valence-electron chi connectivity index (χ2n) is 3.23. The Morgan fingerprint density at radius 3 is 2.93 bits per heavy atom. The molecule has 0 unspecified atom stereocenters. The van der Waals surface area contributed by atoms with E-state index in [0.29, 0.717) is 0 Å². The van der Waals surface area contributed by atoms with Crippen molar-refractivity contribution in [1.82, 2.24) is 5.32 Å². The van der Waals surface area contributed by atoms with Gasteiger partial charge in [0.15, 0.2) is 0 Å². The number of hydrogen-bond acceptors (Lipinski definition) is 2. The normalized spacial score (nSPS) is 15.6. The van der Waals surface area contributed by atoms with Crippen molar-refractivity contribution in [3.8, 4) is 0 Å². The highest BCUT2D eigenvalue weighted by atomic mass is 15.4. The van der Waals surface area contributed by atoms with Crippen LogP contribution in [0.1, 0.15) is 5.56 Å². The minimum Gasteiger partial charge on any atom is -0.275 e. The van der Waals surface area contributed by atoms with Crippen molar-refractivity contribution in [2.75, 3.05) is 13.1 Å². The highest BCUT2D eigenvalue weighted by Crippen LogP contribution is 1.97. The molecule has 72 valence electrons. The average molecular weight is 188 g/mol. The van der Waals surface area contributed by atoms with Gasteiger partial charge in [0, 0.05) is 6.42 Å². The monoisotopic (exact) mass is 188 g/mol. The lowest BCUT2D eigenvalue weighted by molar-refractivity contribution is -0.518. The van der Waals surface area contributed by atoms with Crippen LogP contribution < -0.4 is 5.32 Å². The molecule has 0 spiro atoms. The Kier molecular flexibility index (Phi) is 2.91. The lowest BCUT2D eigenvalue weighted by Crippen LogP contribution is -2.05. The number of rotatable bonds is 3. The van der Waals surface area contributed by atoms with Gasteiger partial charge in [0.05, 0.1) is 6.21 Å². The summed E-state index contributed by atoms with van der Waals surface area (Å²) >= 11 is 0. The molecule has 0 saturated heterocycles. The molecule has 1 aliphatic heterocycles. The van der Waals surface area contributed by atoms with Crippen LogP contribution in [-0.4, -0.2) is 30.3 Å². The maximum absolute atomic E-state index is 4.31. The molecule has 0 atom stereocenters. The molecule has 0 fully saturated rings. The van der Waals surface area contributed by atoms with Crippen LogP contribution in [0.5, 0.6) is 0 Å². The summed E-state index contributed by atoms with van der Waals surface area (Å²) in [7, 11) is 0. The van der Waals surface area contributed by atoms with Gasteiger partial charge in [-0.15, -0.1) is 4.68 Å². The van der Waals surface area contributed by atoms with Gasteiger partial charge in [0.2, 0.25) is 0 Å². The SMILES string of the molecule is C(Cc1ccccc1)=N[N+]1=CNCC1. The Hall–Kier alpha value is -1.64. The molecule has 0 aliphatic carbocycles. The number of hydrazone groups is 1. The van der Waals surface area contributed by atoms with Gasteiger partial charge in [-0.1, -0.05) is 35.4 Å². The summed E-state index contributed by atoms with van der Waals surface area (Å²) in [6.07, 6.45) is 4.74. The largest absolute Gasteiger partial charge is 0.275 e. The van der Waals surface area contributed by atoms with Crippen molar-refractivity contribution in [1.29, 1.82) is 0 Å². The van der Waals surface area contributed by atoms with Crippen LogP contribution in [0.2, 0.25) is 0 Å². The molecule has 0 radical (unpaired) electrons. The summed E-state index contributed by atoms with van der Waals surface area (Å²) in [4.78, 5) is 0. The van der Waals surface area contributed by atoms with Gasteiger partial charge in [-0.05, 0) is 5.56 Å². The topological polar surface area (TPSA) is 27.4 Å². The lowest BCUT2D eigenvalue weighted by Gasteiger charge is -1.93. The van der Waals surface area contributed by atoms with Crippen LogP contribution in [0.15, 0.2) is 35.4 Å². The Labute approximate surface area is 83.8 Å². The van der Waals surface area contributed by atoms with Gasteiger partial charge < -0.3 is 0 Å². The molecule has 1 aromatic carbocycles. The molecule has 1 heterocycles. The molecular formula is C11H14N3+. The Balaban J connectivity index is 1.88. The molecule has 0 aromatic heterocycles. The summed E-state index contributed by atoms with van der Waals surface area (Å²) in [6, 6.07) is 10.3. The molecule has 2 rings (SSSR count). The lowest BCUT2D eigenvalue weighted by atomic mass is 10.2. The minimum absolute atomic E-state index is 0.894. The fraction of sp³-hybridized carbons (Fsp3) is 0.273. The van der Waals surface area contributed by atoms with Crippen molar-refractivity contribution in [3.63, 3.8) is 0 Å². The highest BCUT2D eigenvalue weighted by Gasteiger charge is 2.05. The zero-order chi connectivity index (χ0) is 9.64. The Morgan fingerprint density at radius 1 is 1.36 bits per heavy atom. The average Bonchev–Trinajstić information content (AvgIpc) is 2.72.